The van der Waals surface area contributed by atoms with Crippen molar-refractivity contribution in [2.75, 3.05) is 19.6 Å². The molecule has 30 heavy (non-hydrogen) atoms. The molecule has 1 aliphatic heterocycles. The van der Waals surface area contributed by atoms with Gasteiger partial charge in [-0.3, -0.25) is 15.4 Å². The van der Waals surface area contributed by atoms with Crippen LogP contribution in [0.4, 0.5) is 0 Å². The Kier molecular flexibility index (Phi) is 9.15. The smallest absolute Gasteiger partial charge is 0.0608 e. The van der Waals surface area contributed by atoms with Crippen molar-refractivity contribution in [3.63, 3.8) is 0 Å². The second-order valence-electron chi connectivity index (χ2n) is 9.39. The summed E-state index contributed by atoms with van der Waals surface area (Å²) < 4.78 is 0. The van der Waals surface area contributed by atoms with Crippen molar-refractivity contribution < 1.29 is 10.4 Å². The molecule has 3 atom stereocenters. The summed E-state index contributed by atoms with van der Waals surface area (Å²) in [5, 5.41) is 46.4. The second-order valence-corrected chi connectivity index (χ2v) is 10.0. The van der Waals surface area contributed by atoms with Crippen LogP contribution >= 0.6 is 11.6 Å². The number of nitrogens with one attached hydrogen (secondary N) is 1. The van der Waals surface area contributed by atoms with Gasteiger partial charge in [0, 0.05) is 29.9 Å². The van der Waals surface area contributed by atoms with Crippen LogP contribution in [-0.4, -0.2) is 74.6 Å². The quantitative estimate of drug-likeness (QED) is 0.310. The lowest BCUT2D eigenvalue weighted by Crippen LogP contribution is -2.53. The third-order valence-electron chi connectivity index (χ3n) is 7.15. The van der Waals surface area contributed by atoms with Crippen LogP contribution in [-0.2, 0) is 0 Å². The van der Waals surface area contributed by atoms with Crippen molar-refractivity contribution in [2.24, 2.45) is 16.9 Å². The van der Waals surface area contributed by atoms with Crippen LogP contribution in [0.2, 0.25) is 0 Å². The minimum absolute atomic E-state index is 0.0872. The molecule has 3 unspecified atom stereocenters. The average Bonchev–Trinajstić information content (AvgIpc) is 2.73. The Labute approximate surface area is 184 Å². The van der Waals surface area contributed by atoms with E-state index in [-0.39, 0.29) is 28.3 Å². The molecule has 0 aromatic carbocycles. The second kappa shape index (κ2) is 11.4. The summed E-state index contributed by atoms with van der Waals surface area (Å²) in [6.45, 7) is 5.24. The predicted octanol–water partition coefficient (Wildman–Crippen LogP) is 3.13. The van der Waals surface area contributed by atoms with Crippen LogP contribution in [0, 0.1) is 22.3 Å². The van der Waals surface area contributed by atoms with Gasteiger partial charge in [0.15, 0.2) is 0 Å². The van der Waals surface area contributed by atoms with Gasteiger partial charge in [-0.2, -0.15) is 5.10 Å². The minimum Gasteiger partial charge on any atom is -0.762 e. The number of hydrogen-bond donors (Lipinski definition) is 3. The first-order chi connectivity index (χ1) is 14.3. The van der Waals surface area contributed by atoms with Crippen LogP contribution < -0.4 is 5.43 Å². The van der Waals surface area contributed by atoms with Crippen LogP contribution in [0.1, 0.15) is 64.7 Å². The van der Waals surface area contributed by atoms with Gasteiger partial charge in [-0.25, -0.2) is 0 Å². The lowest BCUT2D eigenvalue weighted by Gasteiger charge is -2.45. The molecule has 0 amide bonds. The Morgan fingerprint density at radius 2 is 1.70 bits per heavy atom. The Morgan fingerprint density at radius 1 is 1.03 bits per heavy atom. The van der Waals surface area contributed by atoms with Gasteiger partial charge in [0.05, 0.1) is 11.8 Å². The van der Waals surface area contributed by atoms with Gasteiger partial charge in [0.25, 0.3) is 0 Å². The minimum atomic E-state index is -0.827. The molecule has 1 saturated heterocycles. The monoisotopic (exact) mass is 445 g/mol. The first kappa shape index (κ1) is 24.1. The Bertz CT molecular complexity index is 551. The highest BCUT2D eigenvalue weighted by atomic mass is 35.5. The zero-order chi connectivity index (χ0) is 21.7. The molecule has 2 aliphatic carbocycles. The Balaban J connectivity index is 1.67. The molecular weight excluding hydrogens is 410 g/mol. The lowest BCUT2D eigenvalue weighted by atomic mass is 9.85. The number of hydrogen-bond acceptors (Lipinski definition) is 9. The highest BCUT2D eigenvalue weighted by Gasteiger charge is 2.33. The van der Waals surface area contributed by atoms with Gasteiger partial charge < -0.3 is 26.3 Å². The van der Waals surface area contributed by atoms with Crippen LogP contribution in [0.3, 0.4) is 0 Å². The van der Waals surface area contributed by atoms with Crippen molar-refractivity contribution in [3.05, 3.63) is 10.4 Å². The molecule has 174 valence electrons. The summed E-state index contributed by atoms with van der Waals surface area (Å²) in [5.41, 5.74) is 4.24. The first-order valence-corrected chi connectivity index (χ1v) is 11.8. The molecule has 0 bridgehead atoms. The van der Waals surface area contributed by atoms with E-state index in [1.807, 2.05) is 0 Å². The fourth-order valence-electron chi connectivity index (χ4n) is 4.98. The fraction of sp³-hybridized carbons (Fsp3) is 0.950. The van der Waals surface area contributed by atoms with Gasteiger partial charge >= 0.3 is 0 Å². The summed E-state index contributed by atoms with van der Waals surface area (Å²) in [4.78, 5) is 2.45. The van der Waals surface area contributed by atoms with Crippen molar-refractivity contribution in [1.29, 1.82) is 0 Å². The summed E-state index contributed by atoms with van der Waals surface area (Å²) in [6, 6.07) is -1.88. The summed E-state index contributed by atoms with van der Waals surface area (Å²) in [7, 11) is 0. The predicted molar refractivity (Wildman–Crippen MR) is 116 cm³/mol. The standard InChI is InChI=1S/C20H36ClN5O4/c1-14-8-10-24(11-9-14)13-19(15-2-4-16(21)5-3-15)23-22-18-7-6-17(25(27)28)12-20(18)26(29)30/h14-18,20,22,27,29H,2-13H2,1H3/q-2. The van der Waals surface area contributed by atoms with Gasteiger partial charge in [-0.05, 0) is 76.8 Å². The van der Waals surface area contributed by atoms with E-state index in [1.165, 1.54) is 12.8 Å². The van der Waals surface area contributed by atoms with Crippen LogP contribution in [0.5, 0.6) is 0 Å². The number of hydrazone groups is 1. The average molecular weight is 446 g/mol. The Morgan fingerprint density at radius 3 is 2.30 bits per heavy atom. The van der Waals surface area contributed by atoms with E-state index in [0.717, 1.165) is 56.9 Å². The van der Waals surface area contributed by atoms with Gasteiger partial charge in [0.2, 0.25) is 0 Å². The maximum absolute atomic E-state index is 11.7. The molecule has 9 nitrogen and oxygen atoms in total. The summed E-state index contributed by atoms with van der Waals surface area (Å²) in [6.07, 6.45) is 7.39. The highest BCUT2D eigenvalue weighted by Crippen LogP contribution is 2.30. The fourth-order valence-corrected chi connectivity index (χ4v) is 5.23. The number of halogens is 1. The third kappa shape index (κ3) is 6.74. The maximum atomic E-state index is 11.7. The van der Waals surface area contributed by atoms with Crippen molar-refractivity contribution >= 4 is 17.3 Å². The van der Waals surface area contributed by atoms with Crippen LogP contribution in [0.25, 0.3) is 0 Å². The number of alkyl halides is 1. The Hall–Kier alpha value is -0.520. The SMILES string of the molecule is CC1CCN(CC(=NNC2CCC(N([O-])O)CC2N([O-])O)C2CCC(Cl)CC2)CC1. The zero-order valence-electron chi connectivity index (χ0n) is 17.8. The zero-order valence-corrected chi connectivity index (χ0v) is 18.6. The maximum Gasteiger partial charge on any atom is 0.0608 e. The molecule has 0 aromatic rings. The number of hydroxylamine groups is 4. The van der Waals surface area contributed by atoms with E-state index < -0.39 is 12.1 Å². The summed E-state index contributed by atoms with van der Waals surface area (Å²) >= 11 is 6.30. The molecule has 2 saturated carbocycles. The van der Waals surface area contributed by atoms with E-state index >= 15 is 0 Å². The van der Waals surface area contributed by atoms with E-state index in [9.17, 15) is 20.8 Å². The molecule has 0 aromatic heterocycles. The van der Waals surface area contributed by atoms with Gasteiger partial charge in [0.1, 0.15) is 0 Å². The number of likely N-dealkylation sites (tertiary alicyclic amines) is 1. The van der Waals surface area contributed by atoms with Crippen LogP contribution in [0.15, 0.2) is 5.10 Å². The number of nitrogens with zero attached hydrogens (tertiary/aromatic N) is 4. The normalized spacial score (nSPS) is 35.2. The molecule has 3 fully saturated rings. The number of rotatable bonds is 7. The lowest BCUT2D eigenvalue weighted by molar-refractivity contribution is -0.137. The van der Waals surface area contributed by atoms with E-state index in [2.05, 4.69) is 17.2 Å². The van der Waals surface area contributed by atoms with Crippen molar-refractivity contribution in [2.45, 2.75) is 88.2 Å². The van der Waals surface area contributed by atoms with E-state index in [4.69, 9.17) is 16.7 Å². The van der Waals surface area contributed by atoms with Crippen molar-refractivity contribution in [3.8, 4) is 0 Å². The molecule has 3 N–H and O–H groups in total. The molecular formula is C20H36ClN5O4-2. The number of piperidine rings is 1. The highest BCUT2D eigenvalue weighted by molar-refractivity contribution is 6.20. The molecule has 3 aliphatic rings. The molecule has 0 radical (unpaired) electrons. The molecule has 10 heteroatoms. The van der Waals surface area contributed by atoms with Gasteiger partial charge in [-0.1, -0.05) is 6.92 Å². The first-order valence-electron chi connectivity index (χ1n) is 11.3. The largest absolute Gasteiger partial charge is 0.762 e. The molecule has 1 heterocycles. The molecule has 0 spiro atoms. The van der Waals surface area contributed by atoms with E-state index in [0.29, 0.717) is 18.8 Å². The summed E-state index contributed by atoms with van der Waals surface area (Å²) in [5.74, 6) is 1.13. The van der Waals surface area contributed by atoms with Crippen molar-refractivity contribution in [1.82, 2.24) is 20.8 Å². The topological polar surface area (TPSA) is 121 Å². The third-order valence-corrected chi connectivity index (χ3v) is 7.59. The molecule has 3 rings (SSSR count). The van der Waals surface area contributed by atoms with Gasteiger partial charge in [-0.15, -0.1) is 11.6 Å². The van der Waals surface area contributed by atoms with E-state index in [1.54, 1.807) is 0 Å².